The zero-order valence-corrected chi connectivity index (χ0v) is 11.6. The van der Waals surface area contributed by atoms with Crippen LogP contribution in [0.25, 0.3) is 0 Å². The Morgan fingerprint density at radius 2 is 2.19 bits per heavy atom. The van der Waals surface area contributed by atoms with Crippen molar-refractivity contribution in [3.05, 3.63) is 33.7 Å². The average molecular weight is 292 g/mol. The Labute approximate surface area is 120 Å². The van der Waals surface area contributed by atoms with Gasteiger partial charge in [-0.1, -0.05) is 0 Å². The molecule has 0 aliphatic carbocycles. The lowest BCUT2D eigenvalue weighted by atomic mass is 10.2. The first-order chi connectivity index (χ1) is 10.0. The standard InChI is InChI=1S/C13H16N4O4/c1-8-3-2-4-15-7-17(8)16-6-9(12(19)14-21)11(18)5-10(16)13(15)20/h5-6,8,21H,2-4,7H2,1H3,(H,14,19). The SMILES string of the molecule is CC1CCCN2CN1n1cc(C(=O)NO)c(=O)cc1C2=O. The van der Waals surface area contributed by atoms with Gasteiger partial charge in [-0.25, -0.2) is 5.48 Å². The monoisotopic (exact) mass is 292 g/mol. The van der Waals surface area contributed by atoms with Crippen molar-refractivity contribution in [2.45, 2.75) is 25.8 Å². The Bertz CT molecular complexity index is 669. The topological polar surface area (TPSA) is 94.9 Å². The molecule has 0 radical (unpaired) electrons. The number of hydrogen-bond acceptors (Lipinski definition) is 5. The van der Waals surface area contributed by atoms with E-state index in [0.29, 0.717) is 13.2 Å². The summed E-state index contributed by atoms with van der Waals surface area (Å²) >= 11 is 0. The van der Waals surface area contributed by atoms with Crippen LogP contribution in [0.5, 0.6) is 0 Å². The number of amides is 2. The van der Waals surface area contributed by atoms with Crippen molar-refractivity contribution in [1.29, 1.82) is 0 Å². The number of nitrogens with zero attached hydrogens (tertiary/aromatic N) is 3. The first-order valence-corrected chi connectivity index (χ1v) is 6.80. The quantitative estimate of drug-likeness (QED) is 0.537. The zero-order chi connectivity index (χ0) is 15.1. The molecule has 21 heavy (non-hydrogen) atoms. The van der Waals surface area contributed by atoms with Crippen LogP contribution in [0.3, 0.4) is 0 Å². The molecular formula is C13H16N4O4. The van der Waals surface area contributed by atoms with E-state index in [1.807, 2.05) is 11.9 Å². The van der Waals surface area contributed by atoms with Gasteiger partial charge in [-0.3, -0.25) is 29.3 Å². The average Bonchev–Trinajstić information content (AvgIpc) is 2.65. The van der Waals surface area contributed by atoms with E-state index in [4.69, 9.17) is 5.21 Å². The summed E-state index contributed by atoms with van der Waals surface area (Å²) in [6, 6.07) is 1.33. The fraction of sp³-hybridized carbons (Fsp3) is 0.462. The molecule has 0 saturated carbocycles. The van der Waals surface area contributed by atoms with E-state index in [2.05, 4.69) is 0 Å². The summed E-state index contributed by atoms with van der Waals surface area (Å²) in [5.74, 6) is -1.10. The highest BCUT2D eigenvalue weighted by molar-refractivity contribution is 5.96. The molecule has 0 spiro atoms. The summed E-state index contributed by atoms with van der Waals surface area (Å²) in [6.45, 7) is 3.12. The first kappa shape index (κ1) is 13.6. The van der Waals surface area contributed by atoms with E-state index < -0.39 is 11.3 Å². The number of rotatable bonds is 1. The van der Waals surface area contributed by atoms with Crippen molar-refractivity contribution in [3.63, 3.8) is 0 Å². The lowest BCUT2D eigenvalue weighted by Crippen LogP contribution is -2.55. The van der Waals surface area contributed by atoms with E-state index in [9.17, 15) is 14.4 Å². The number of pyridine rings is 1. The number of fused-ring (bicyclic) bond motifs is 4. The minimum atomic E-state index is -0.882. The molecule has 2 amide bonds. The molecule has 1 atom stereocenters. The molecule has 3 rings (SSSR count). The Hall–Kier alpha value is -2.35. The van der Waals surface area contributed by atoms with Crippen LogP contribution in [0.15, 0.2) is 17.1 Å². The van der Waals surface area contributed by atoms with Crippen LogP contribution in [0.4, 0.5) is 0 Å². The largest absolute Gasteiger partial charge is 0.318 e. The molecule has 2 aliphatic rings. The maximum Gasteiger partial charge on any atom is 0.280 e. The Morgan fingerprint density at radius 3 is 2.90 bits per heavy atom. The van der Waals surface area contributed by atoms with E-state index in [-0.39, 0.29) is 23.2 Å². The summed E-state index contributed by atoms with van der Waals surface area (Å²) < 4.78 is 1.56. The Morgan fingerprint density at radius 1 is 1.43 bits per heavy atom. The van der Waals surface area contributed by atoms with Crippen molar-refractivity contribution in [2.75, 3.05) is 18.2 Å². The number of aromatic nitrogens is 1. The summed E-state index contributed by atoms with van der Waals surface area (Å²) in [7, 11) is 0. The van der Waals surface area contributed by atoms with Crippen LogP contribution in [0.1, 0.15) is 40.6 Å². The van der Waals surface area contributed by atoms with Gasteiger partial charge in [-0.05, 0) is 19.8 Å². The van der Waals surface area contributed by atoms with Gasteiger partial charge in [0, 0.05) is 24.8 Å². The summed E-state index contributed by atoms with van der Waals surface area (Å²) in [5, 5.41) is 10.6. The smallest absolute Gasteiger partial charge is 0.280 e. The number of nitrogens with one attached hydrogen (secondary N) is 1. The highest BCUT2D eigenvalue weighted by Gasteiger charge is 2.34. The van der Waals surface area contributed by atoms with Gasteiger partial charge in [0.05, 0.1) is 0 Å². The van der Waals surface area contributed by atoms with Crippen molar-refractivity contribution in [3.8, 4) is 0 Å². The van der Waals surface area contributed by atoms with Crippen LogP contribution in [0, 0.1) is 0 Å². The van der Waals surface area contributed by atoms with Gasteiger partial charge in [0.2, 0.25) is 0 Å². The normalized spacial score (nSPS) is 20.9. The molecule has 1 aromatic heterocycles. The number of carbonyl (C=O) groups excluding carboxylic acids is 2. The van der Waals surface area contributed by atoms with Gasteiger partial charge < -0.3 is 4.90 Å². The molecule has 1 aromatic rings. The molecule has 1 unspecified atom stereocenters. The predicted octanol–water partition coefficient (Wildman–Crippen LogP) is -0.499. The molecule has 1 fully saturated rings. The van der Waals surface area contributed by atoms with E-state index in [0.717, 1.165) is 18.9 Å². The molecule has 1 saturated heterocycles. The van der Waals surface area contributed by atoms with Crippen molar-refractivity contribution < 1.29 is 14.8 Å². The summed E-state index contributed by atoms with van der Waals surface area (Å²) in [5.41, 5.74) is 0.915. The molecule has 112 valence electrons. The zero-order valence-electron chi connectivity index (χ0n) is 11.6. The second kappa shape index (κ2) is 4.88. The number of hydroxylamine groups is 1. The molecule has 2 aliphatic heterocycles. The summed E-state index contributed by atoms with van der Waals surface area (Å²) in [4.78, 5) is 37.6. The van der Waals surface area contributed by atoms with Crippen LogP contribution in [-0.4, -0.2) is 45.9 Å². The third kappa shape index (κ3) is 2.07. The third-order valence-corrected chi connectivity index (χ3v) is 4.04. The number of carbonyl (C=O) groups is 2. The van der Waals surface area contributed by atoms with Gasteiger partial charge in [-0.2, -0.15) is 0 Å². The molecule has 2 bridgehead atoms. The second-order valence-corrected chi connectivity index (χ2v) is 5.36. The predicted molar refractivity (Wildman–Crippen MR) is 72.8 cm³/mol. The van der Waals surface area contributed by atoms with E-state index in [1.165, 1.54) is 11.7 Å². The van der Waals surface area contributed by atoms with Crippen LogP contribution < -0.4 is 15.9 Å². The molecular weight excluding hydrogens is 276 g/mol. The van der Waals surface area contributed by atoms with Gasteiger partial charge in [-0.15, -0.1) is 0 Å². The van der Waals surface area contributed by atoms with Crippen molar-refractivity contribution >= 4 is 11.8 Å². The lowest BCUT2D eigenvalue weighted by Gasteiger charge is -2.40. The highest BCUT2D eigenvalue weighted by Crippen LogP contribution is 2.21. The van der Waals surface area contributed by atoms with E-state index >= 15 is 0 Å². The van der Waals surface area contributed by atoms with Gasteiger partial charge in [0.15, 0.2) is 5.43 Å². The maximum atomic E-state index is 12.4. The highest BCUT2D eigenvalue weighted by atomic mass is 16.5. The summed E-state index contributed by atoms with van der Waals surface area (Å²) in [6.07, 6.45) is 3.13. The molecule has 3 heterocycles. The van der Waals surface area contributed by atoms with Gasteiger partial charge in [0.25, 0.3) is 11.8 Å². The number of hydrogen-bond donors (Lipinski definition) is 2. The Kier molecular flexibility index (Phi) is 3.17. The van der Waals surface area contributed by atoms with Crippen LogP contribution >= 0.6 is 0 Å². The van der Waals surface area contributed by atoms with Crippen LogP contribution in [0.2, 0.25) is 0 Å². The second-order valence-electron chi connectivity index (χ2n) is 5.36. The minimum Gasteiger partial charge on any atom is -0.318 e. The Balaban J connectivity index is 2.18. The van der Waals surface area contributed by atoms with Gasteiger partial charge in [0.1, 0.15) is 17.9 Å². The van der Waals surface area contributed by atoms with Gasteiger partial charge >= 0.3 is 0 Å². The van der Waals surface area contributed by atoms with E-state index in [1.54, 1.807) is 9.58 Å². The lowest BCUT2D eigenvalue weighted by molar-refractivity contribution is 0.0685. The maximum absolute atomic E-state index is 12.4. The molecule has 8 heteroatoms. The van der Waals surface area contributed by atoms with Crippen LogP contribution in [-0.2, 0) is 0 Å². The molecule has 8 nitrogen and oxygen atoms in total. The van der Waals surface area contributed by atoms with Crippen molar-refractivity contribution in [1.82, 2.24) is 15.1 Å². The third-order valence-electron chi connectivity index (χ3n) is 4.04. The molecule has 0 aromatic carbocycles. The fourth-order valence-corrected chi connectivity index (χ4v) is 2.85. The first-order valence-electron chi connectivity index (χ1n) is 6.80. The molecule has 2 N–H and O–H groups in total. The fourth-order valence-electron chi connectivity index (χ4n) is 2.85. The minimum absolute atomic E-state index is 0.175. The van der Waals surface area contributed by atoms with Crippen molar-refractivity contribution in [2.24, 2.45) is 0 Å².